The molecule has 0 spiro atoms. The molecule has 1 aromatic rings. The molecule has 1 saturated heterocycles. The van der Waals surface area contributed by atoms with Crippen LogP contribution in [0.2, 0.25) is 0 Å². The second kappa shape index (κ2) is 8.02. The lowest BCUT2D eigenvalue weighted by Crippen LogP contribution is -2.46. The van der Waals surface area contributed by atoms with Crippen molar-refractivity contribution in [2.75, 3.05) is 38.6 Å². The Labute approximate surface area is 146 Å². The number of fused-ring (bicyclic) bond motifs is 1. The molecule has 1 aromatic carbocycles. The summed E-state index contributed by atoms with van der Waals surface area (Å²) in [7, 11) is 4.07. The van der Waals surface area contributed by atoms with Crippen molar-refractivity contribution in [2.45, 2.75) is 38.6 Å². The molecule has 1 aliphatic carbocycles. The van der Waals surface area contributed by atoms with E-state index in [9.17, 15) is 4.79 Å². The number of hydrogen-bond acceptors (Lipinski definition) is 3. The Kier molecular flexibility index (Phi) is 5.77. The van der Waals surface area contributed by atoms with Crippen LogP contribution in [0, 0.1) is 11.8 Å². The normalized spacial score (nSPS) is 24.2. The van der Waals surface area contributed by atoms with Crippen molar-refractivity contribution in [1.29, 1.82) is 0 Å². The van der Waals surface area contributed by atoms with Gasteiger partial charge in [0.25, 0.3) is 0 Å². The zero-order valence-electron chi connectivity index (χ0n) is 15.1. The Morgan fingerprint density at radius 1 is 1.12 bits per heavy atom. The summed E-state index contributed by atoms with van der Waals surface area (Å²) in [5, 5.41) is 3.07. The van der Waals surface area contributed by atoms with Crippen LogP contribution < -0.4 is 10.2 Å². The Balaban J connectivity index is 1.42. The van der Waals surface area contributed by atoms with Crippen LogP contribution in [0.1, 0.15) is 37.7 Å². The Morgan fingerprint density at radius 3 is 2.54 bits per heavy atom. The minimum Gasteiger partial charge on any atom is -0.378 e. The fraction of sp³-hybridized carbons (Fsp3) is 0.650. The molecule has 3 rings (SSSR count). The third-order valence-corrected chi connectivity index (χ3v) is 5.68. The predicted molar refractivity (Wildman–Crippen MR) is 99.1 cm³/mol. The maximum absolute atomic E-state index is 12.3. The van der Waals surface area contributed by atoms with E-state index in [0.29, 0.717) is 13.1 Å². The van der Waals surface area contributed by atoms with Crippen molar-refractivity contribution in [1.82, 2.24) is 10.2 Å². The van der Waals surface area contributed by atoms with Gasteiger partial charge in [0.2, 0.25) is 5.91 Å². The van der Waals surface area contributed by atoms with Gasteiger partial charge in [0, 0.05) is 32.9 Å². The van der Waals surface area contributed by atoms with Gasteiger partial charge in [0.05, 0.1) is 6.54 Å². The number of piperidine rings is 1. The van der Waals surface area contributed by atoms with Gasteiger partial charge in [-0.3, -0.25) is 9.69 Å². The Hall–Kier alpha value is -1.55. The zero-order valence-corrected chi connectivity index (χ0v) is 15.1. The number of nitrogens with zero attached hydrogens (tertiary/aromatic N) is 2. The number of likely N-dealkylation sites (tertiary alicyclic amines) is 1. The summed E-state index contributed by atoms with van der Waals surface area (Å²) >= 11 is 0. The second-order valence-electron chi connectivity index (χ2n) is 7.67. The van der Waals surface area contributed by atoms with Crippen molar-refractivity contribution in [2.24, 2.45) is 11.8 Å². The highest BCUT2D eigenvalue weighted by Gasteiger charge is 2.31. The van der Waals surface area contributed by atoms with Crippen LogP contribution >= 0.6 is 0 Å². The van der Waals surface area contributed by atoms with Gasteiger partial charge < -0.3 is 10.2 Å². The molecule has 0 unspecified atom stereocenters. The van der Waals surface area contributed by atoms with E-state index in [2.05, 4.69) is 39.4 Å². The van der Waals surface area contributed by atoms with Crippen LogP contribution in [0.25, 0.3) is 0 Å². The first-order chi connectivity index (χ1) is 11.6. The Bertz CT molecular complexity index is 540. The molecule has 0 radical (unpaired) electrons. The predicted octanol–water partition coefficient (Wildman–Crippen LogP) is 2.88. The lowest BCUT2D eigenvalue weighted by molar-refractivity contribution is -0.123. The lowest BCUT2D eigenvalue weighted by Gasteiger charge is -2.41. The maximum Gasteiger partial charge on any atom is 0.234 e. The first-order valence-corrected chi connectivity index (χ1v) is 9.37. The van der Waals surface area contributed by atoms with Crippen molar-refractivity contribution < 1.29 is 4.79 Å². The standard InChI is InChI=1S/C20H31N3O/c1-22(2)19-9-7-16(8-10-19)13-21-20(24)15-23-12-11-17-5-3-4-6-18(17)14-23/h7-10,17-18H,3-6,11-15H2,1-2H3,(H,21,24)/t17-,18+/m0/s1. The van der Waals surface area contributed by atoms with Gasteiger partial charge in [0.1, 0.15) is 0 Å². The number of carbonyl (C=O) groups excluding carboxylic acids is 1. The quantitative estimate of drug-likeness (QED) is 0.902. The van der Waals surface area contributed by atoms with Gasteiger partial charge in [-0.2, -0.15) is 0 Å². The highest BCUT2D eigenvalue weighted by molar-refractivity contribution is 5.78. The molecule has 1 saturated carbocycles. The van der Waals surface area contributed by atoms with Crippen molar-refractivity contribution in [3.05, 3.63) is 29.8 Å². The highest BCUT2D eigenvalue weighted by Crippen LogP contribution is 2.35. The summed E-state index contributed by atoms with van der Waals surface area (Å²) < 4.78 is 0. The van der Waals surface area contributed by atoms with E-state index in [1.807, 2.05) is 14.1 Å². The van der Waals surface area contributed by atoms with Crippen molar-refractivity contribution in [3.8, 4) is 0 Å². The molecule has 1 aliphatic heterocycles. The molecule has 1 heterocycles. The maximum atomic E-state index is 12.3. The molecule has 4 heteroatoms. The zero-order chi connectivity index (χ0) is 16.9. The number of benzene rings is 1. The number of amides is 1. The molecule has 0 aromatic heterocycles. The smallest absolute Gasteiger partial charge is 0.234 e. The molecule has 1 amide bonds. The van der Waals surface area contributed by atoms with Crippen LogP contribution in [-0.4, -0.2) is 44.5 Å². The summed E-state index contributed by atoms with van der Waals surface area (Å²) in [6, 6.07) is 8.36. The van der Waals surface area contributed by atoms with Crippen molar-refractivity contribution >= 4 is 11.6 Å². The summed E-state index contributed by atoms with van der Waals surface area (Å²) in [6.07, 6.45) is 6.84. The van der Waals surface area contributed by atoms with E-state index >= 15 is 0 Å². The van der Waals surface area contributed by atoms with Crippen LogP contribution in [-0.2, 0) is 11.3 Å². The van der Waals surface area contributed by atoms with Gasteiger partial charge in [-0.05, 0) is 48.9 Å². The van der Waals surface area contributed by atoms with E-state index < -0.39 is 0 Å². The van der Waals surface area contributed by atoms with E-state index in [0.717, 1.165) is 30.5 Å². The van der Waals surface area contributed by atoms with Gasteiger partial charge in [-0.1, -0.05) is 31.4 Å². The lowest BCUT2D eigenvalue weighted by atomic mass is 9.75. The van der Waals surface area contributed by atoms with E-state index in [1.165, 1.54) is 37.8 Å². The minimum absolute atomic E-state index is 0.154. The number of hydrogen-bond donors (Lipinski definition) is 1. The molecule has 132 valence electrons. The number of carbonyl (C=O) groups is 1. The van der Waals surface area contributed by atoms with Crippen LogP contribution in [0.4, 0.5) is 5.69 Å². The molecule has 2 atom stereocenters. The topological polar surface area (TPSA) is 35.6 Å². The largest absolute Gasteiger partial charge is 0.378 e. The molecular weight excluding hydrogens is 298 g/mol. The number of anilines is 1. The summed E-state index contributed by atoms with van der Waals surface area (Å²) in [5.74, 6) is 1.91. The average molecular weight is 329 g/mol. The third-order valence-electron chi connectivity index (χ3n) is 5.68. The Morgan fingerprint density at radius 2 is 1.83 bits per heavy atom. The van der Waals surface area contributed by atoms with Crippen molar-refractivity contribution in [3.63, 3.8) is 0 Å². The average Bonchev–Trinajstić information content (AvgIpc) is 2.60. The summed E-state index contributed by atoms with van der Waals surface area (Å²) in [5.41, 5.74) is 2.33. The molecule has 0 bridgehead atoms. The molecule has 4 nitrogen and oxygen atoms in total. The molecular formula is C20H31N3O. The van der Waals surface area contributed by atoms with Gasteiger partial charge in [-0.15, -0.1) is 0 Å². The number of nitrogens with one attached hydrogen (secondary N) is 1. The van der Waals surface area contributed by atoms with Crippen LogP contribution in [0.15, 0.2) is 24.3 Å². The van der Waals surface area contributed by atoms with Crippen LogP contribution in [0.5, 0.6) is 0 Å². The fourth-order valence-electron chi connectivity index (χ4n) is 4.19. The van der Waals surface area contributed by atoms with E-state index in [1.54, 1.807) is 0 Å². The fourth-order valence-corrected chi connectivity index (χ4v) is 4.19. The molecule has 1 N–H and O–H groups in total. The van der Waals surface area contributed by atoms with E-state index in [4.69, 9.17) is 0 Å². The summed E-state index contributed by atoms with van der Waals surface area (Å²) in [6.45, 7) is 3.38. The number of rotatable bonds is 5. The third kappa shape index (κ3) is 4.50. The monoisotopic (exact) mass is 329 g/mol. The molecule has 2 fully saturated rings. The van der Waals surface area contributed by atoms with Crippen LogP contribution in [0.3, 0.4) is 0 Å². The molecule has 24 heavy (non-hydrogen) atoms. The second-order valence-corrected chi connectivity index (χ2v) is 7.67. The first kappa shape index (κ1) is 17.3. The summed E-state index contributed by atoms with van der Waals surface area (Å²) in [4.78, 5) is 16.7. The van der Waals surface area contributed by atoms with Gasteiger partial charge >= 0.3 is 0 Å². The molecule has 2 aliphatic rings. The van der Waals surface area contributed by atoms with E-state index in [-0.39, 0.29) is 5.91 Å². The SMILES string of the molecule is CN(C)c1ccc(CNC(=O)CN2CC[C@@H]3CCCC[C@@H]3C2)cc1. The minimum atomic E-state index is 0.154. The van der Waals surface area contributed by atoms with Gasteiger partial charge in [-0.25, -0.2) is 0 Å². The highest BCUT2D eigenvalue weighted by atomic mass is 16.2. The van der Waals surface area contributed by atoms with Gasteiger partial charge in [0.15, 0.2) is 0 Å². The first-order valence-electron chi connectivity index (χ1n) is 9.37.